The Morgan fingerprint density at radius 1 is 1.23 bits per heavy atom. The summed E-state index contributed by atoms with van der Waals surface area (Å²) in [4.78, 5) is 45.4. The van der Waals surface area contributed by atoms with E-state index in [1.165, 1.54) is 18.1 Å². The van der Waals surface area contributed by atoms with Gasteiger partial charge in [0.05, 0.1) is 36.4 Å². The normalized spacial score (nSPS) is 14.9. The maximum absolute atomic E-state index is 14.0. The molecule has 1 amide bonds. The molecule has 35 heavy (non-hydrogen) atoms. The van der Waals surface area contributed by atoms with Crippen LogP contribution in [-0.4, -0.2) is 30.6 Å². The second kappa shape index (κ2) is 8.62. The van der Waals surface area contributed by atoms with Crippen molar-refractivity contribution in [3.63, 3.8) is 0 Å². The van der Waals surface area contributed by atoms with Gasteiger partial charge in [-0.05, 0) is 49.7 Å². The smallest absolute Gasteiger partial charge is 0.350 e. The van der Waals surface area contributed by atoms with Gasteiger partial charge in [0.1, 0.15) is 22.0 Å². The number of aryl methyl sites for hydroxylation is 1. The molecule has 2 aromatic heterocycles. The molecule has 0 fully saturated rings. The maximum Gasteiger partial charge on any atom is 0.350 e. The maximum atomic E-state index is 14.0. The third-order valence-electron chi connectivity index (χ3n) is 5.68. The second-order valence-corrected chi connectivity index (χ2v) is 8.78. The number of hydrogen-bond donors (Lipinski definition) is 0. The van der Waals surface area contributed by atoms with Crippen molar-refractivity contribution in [1.82, 2.24) is 4.98 Å². The third kappa shape index (κ3) is 3.66. The number of rotatable bonds is 5. The van der Waals surface area contributed by atoms with Gasteiger partial charge in [-0.1, -0.05) is 23.5 Å². The van der Waals surface area contributed by atoms with Crippen LogP contribution in [0.3, 0.4) is 0 Å². The van der Waals surface area contributed by atoms with Crippen molar-refractivity contribution in [1.29, 1.82) is 0 Å². The lowest BCUT2D eigenvalue weighted by molar-refractivity contribution is 0.0605. The molecule has 0 radical (unpaired) electrons. The van der Waals surface area contributed by atoms with Crippen LogP contribution >= 0.6 is 11.3 Å². The summed E-state index contributed by atoms with van der Waals surface area (Å²) in [5.74, 6) is -1.39. The van der Waals surface area contributed by atoms with Gasteiger partial charge in [0, 0.05) is 0 Å². The van der Waals surface area contributed by atoms with Gasteiger partial charge in [-0.25, -0.2) is 14.2 Å². The van der Waals surface area contributed by atoms with Crippen LogP contribution in [0.1, 0.15) is 50.0 Å². The highest BCUT2D eigenvalue weighted by Crippen LogP contribution is 2.43. The molecule has 5 rings (SSSR count). The van der Waals surface area contributed by atoms with Crippen LogP contribution in [0, 0.1) is 12.7 Å². The number of hydrogen-bond acceptors (Lipinski definition) is 8. The molecular formula is C25H19FN2O6S. The number of methoxy groups -OCH3 is 1. The summed E-state index contributed by atoms with van der Waals surface area (Å²) < 4.78 is 30.3. The zero-order chi connectivity index (χ0) is 24.9. The number of nitrogens with zero attached hydrogens (tertiary/aromatic N) is 2. The minimum Gasteiger partial charge on any atom is -0.494 e. The number of fused-ring (bicyclic) bond motifs is 2. The average molecular weight is 495 g/mol. The molecule has 2 aromatic carbocycles. The van der Waals surface area contributed by atoms with Crippen molar-refractivity contribution in [3.05, 3.63) is 86.0 Å². The van der Waals surface area contributed by atoms with Crippen LogP contribution in [-0.2, 0) is 4.74 Å². The first-order chi connectivity index (χ1) is 16.8. The van der Waals surface area contributed by atoms with Crippen LogP contribution in [0.25, 0.3) is 11.0 Å². The zero-order valence-electron chi connectivity index (χ0n) is 19.0. The Morgan fingerprint density at radius 2 is 2.03 bits per heavy atom. The van der Waals surface area contributed by atoms with Gasteiger partial charge < -0.3 is 13.9 Å². The summed E-state index contributed by atoms with van der Waals surface area (Å²) in [6, 6.07) is 9.61. The zero-order valence-corrected chi connectivity index (χ0v) is 19.8. The first kappa shape index (κ1) is 22.7. The molecule has 1 unspecified atom stereocenters. The number of carbonyl (C=O) groups is 2. The highest BCUT2D eigenvalue weighted by atomic mass is 32.1. The fraction of sp³-hybridized carbons (Fsp3) is 0.200. The van der Waals surface area contributed by atoms with Gasteiger partial charge in [-0.3, -0.25) is 14.5 Å². The van der Waals surface area contributed by atoms with E-state index in [-0.39, 0.29) is 32.3 Å². The fourth-order valence-electron chi connectivity index (χ4n) is 4.17. The lowest BCUT2D eigenvalue weighted by Gasteiger charge is -2.23. The van der Waals surface area contributed by atoms with E-state index < -0.39 is 29.2 Å². The lowest BCUT2D eigenvalue weighted by Crippen LogP contribution is -2.29. The first-order valence-electron chi connectivity index (χ1n) is 10.7. The van der Waals surface area contributed by atoms with Crippen molar-refractivity contribution in [2.45, 2.75) is 19.9 Å². The van der Waals surface area contributed by atoms with E-state index in [2.05, 4.69) is 4.98 Å². The third-order valence-corrected chi connectivity index (χ3v) is 6.82. The number of thiazole rings is 1. The SMILES string of the molecule is CCOc1cccc(C2c3c(oc4ccc(F)cc4c3=O)C(=O)N2c2nc(C)c(C(=O)OC)s2)c1. The van der Waals surface area contributed by atoms with E-state index in [0.717, 1.165) is 23.5 Å². The molecule has 0 saturated carbocycles. The number of anilines is 1. The Balaban J connectivity index is 1.78. The highest BCUT2D eigenvalue weighted by molar-refractivity contribution is 7.17. The van der Waals surface area contributed by atoms with Crippen LogP contribution in [0.5, 0.6) is 5.75 Å². The van der Waals surface area contributed by atoms with E-state index in [9.17, 15) is 18.8 Å². The van der Waals surface area contributed by atoms with Crippen molar-refractivity contribution >= 4 is 39.3 Å². The number of amides is 1. The number of ether oxygens (including phenoxy) is 2. The van der Waals surface area contributed by atoms with Gasteiger partial charge in [0.25, 0.3) is 5.91 Å². The fourth-order valence-corrected chi connectivity index (χ4v) is 5.18. The quantitative estimate of drug-likeness (QED) is 0.373. The molecule has 1 atom stereocenters. The molecule has 8 nitrogen and oxygen atoms in total. The molecule has 3 heterocycles. The Hall–Kier alpha value is -4.05. The molecule has 0 spiro atoms. The predicted octanol–water partition coefficient (Wildman–Crippen LogP) is 4.63. The van der Waals surface area contributed by atoms with Crippen molar-refractivity contribution < 1.29 is 27.9 Å². The Labute approximate surface area is 202 Å². The molecular weight excluding hydrogens is 475 g/mol. The Kier molecular flexibility index (Phi) is 5.60. The number of benzene rings is 2. The topological polar surface area (TPSA) is 98.9 Å². The summed E-state index contributed by atoms with van der Waals surface area (Å²) in [5.41, 5.74) is 0.587. The molecule has 0 aliphatic carbocycles. The molecule has 0 bridgehead atoms. The Bertz CT molecular complexity index is 1560. The molecule has 4 aromatic rings. The molecule has 178 valence electrons. The minimum absolute atomic E-state index is 0.0231. The number of halogens is 1. The number of carbonyl (C=O) groups excluding carboxylic acids is 2. The van der Waals surface area contributed by atoms with E-state index in [0.29, 0.717) is 23.6 Å². The van der Waals surface area contributed by atoms with E-state index in [1.807, 2.05) is 6.92 Å². The van der Waals surface area contributed by atoms with E-state index in [4.69, 9.17) is 13.9 Å². The van der Waals surface area contributed by atoms with Crippen molar-refractivity contribution in [2.75, 3.05) is 18.6 Å². The van der Waals surface area contributed by atoms with Crippen LogP contribution in [0.2, 0.25) is 0 Å². The molecule has 1 aliphatic heterocycles. The summed E-state index contributed by atoms with van der Waals surface area (Å²) in [7, 11) is 1.26. The second-order valence-electron chi connectivity index (χ2n) is 7.80. The average Bonchev–Trinajstić information content (AvgIpc) is 3.37. The monoisotopic (exact) mass is 494 g/mol. The number of aromatic nitrogens is 1. The molecule has 10 heteroatoms. The van der Waals surface area contributed by atoms with Gasteiger partial charge in [-0.2, -0.15) is 0 Å². The van der Waals surface area contributed by atoms with Crippen molar-refractivity contribution in [3.8, 4) is 5.75 Å². The van der Waals surface area contributed by atoms with Gasteiger partial charge >= 0.3 is 5.97 Å². The minimum atomic E-state index is -0.933. The van der Waals surface area contributed by atoms with Gasteiger partial charge in [0.15, 0.2) is 10.6 Å². The van der Waals surface area contributed by atoms with Crippen LogP contribution in [0.4, 0.5) is 9.52 Å². The standard InChI is InChI=1S/C25H19FN2O6S/c1-4-33-15-7-5-6-13(10-15)19-18-20(29)16-11-14(26)8-9-17(16)34-21(18)23(30)28(19)25-27-12(2)22(35-25)24(31)32-3/h5-11,19H,4H2,1-3H3. The lowest BCUT2D eigenvalue weighted by atomic mass is 9.98. The first-order valence-corrected chi connectivity index (χ1v) is 11.5. The van der Waals surface area contributed by atoms with Crippen LogP contribution < -0.4 is 15.1 Å². The summed E-state index contributed by atoms with van der Waals surface area (Å²) in [6.07, 6.45) is 0. The molecule has 0 saturated heterocycles. The largest absolute Gasteiger partial charge is 0.494 e. The highest BCUT2D eigenvalue weighted by Gasteiger charge is 2.45. The van der Waals surface area contributed by atoms with E-state index >= 15 is 0 Å². The summed E-state index contributed by atoms with van der Waals surface area (Å²) >= 11 is 0.974. The van der Waals surface area contributed by atoms with Crippen LogP contribution in [0.15, 0.2) is 51.7 Å². The van der Waals surface area contributed by atoms with Gasteiger partial charge in [-0.15, -0.1) is 0 Å². The summed E-state index contributed by atoms with van der Waals surface area (Å²) in [6.45, 7) is 3.90. The van der Waals surface area contributed by atoms with E-state index in [1.54, 1.807) is 31.2 Å². The summed E-state index contributed by atoms with van der Waals surface area (Å²) in [5, 5.41) is 0.218. The predicted molar refractivity (Wildman–Crippen MR) is 127 cm³/mol. The molecule has 1 aliphatic rings. The van der Waals surface area contributed by atoms with Gasteiger partial charge in [0.2, 0.25) is 5.76 Å². The Morgan fingerprint density at radius 3 is 2.77 bits per heavy atom. The number of esters is 1. The molecule has 0 N–H and O–H groups in total. The van der Waals surface area contributed by atoms with Crippen molar-refractivity contribution in [2.24, 2.45) is 0 Å².